The lowest BCUT2D eigenvalue weighted by atomic mass is 10.1. The molecule has 0 spiro atoms. The first-order valence-corrected chi connectivity index (χ1v) is 10.1. The van der Waals surface area contributed by atoms with E-state index in [0.717, 1.165) is 18.6 Å². The number of amides is 1. The van der Waals surface area contributed by atoms with Crippen LogP contribution in [0.25, 0.3) is 0 Å². The molecule has 1 aromatic carbocycles. The number of hydrogen-bond donors (Lipinski definition) is 1. The van der Waals surface area contributed by atoms with E-state index in [1.165, 1.54) is 28.6 Å². The van der Waals surface area contributed by atoms with Crippen LogP contribution >= 0.6 is 0 Å². The smallest absolute Gasteiger partial charge is 0.251 e. The van der Waals surface area contributed by atoms with Crippen LogP contribution < -0.4 is 5.32 Å². The Labute approximate surface area is 155 Å². The van der Waals surface area contributed by atoms with Crippen LogP contribution in [-0.2, 0) is 16.4 Å². The number of carbonyl (C=O) groups excluding carboxylic acids is 1. The fraction of sp³-hybridized carbons (Fsp3) is 0.421. The Hall–Kier alpha value is -2.12. The quantitative estimate of drug-likeness (QED) is 0.766. The van der Waals surface area contributed by atoms with E-state index in [2.05, 4.69) is 5.32 Å². The summed E-state index contributed by atoms with van der Waals surface area (Å²) in [5.41, 5.74) is 0.431. The van der Waals surface area contributed by atoms with Crippen molar-refractivity contribution in [3.8, 4) is 0 Å². The molecule has 0 fully saturated rings. The Morgan fingerprint density at radius 2 is 1.81 bits per heavy atom. The third-order valence-corrected chi connectivity index (χ3v) is 6.35. The zero-order chi connectivity index (χ0) is 19.3. The predicted molar refractivity (Wildman–Crippen MR) is 100 cm³/mol. The first-order chi connectivity index (χ1) is 12.2. The van der Waals surface area contributed by atoms with Crippen molar-refractivity contribution in [3.63, 3.8) is 0 Å². The molecule has 1 aromatic heterocycles. The van der Waals surface area contributed by atoms with Gasteiger partial charge in [0.15, 0.2) is 0 Å². The molecule has 1 heterocycles. The molecule has 0 saturated heterocycles. The fourth-order valence-corrected chi connectivity index (χ4v) is 3.78. The summed E-state index contributed by atoms with van der Waals surface area (Å²) >= 11 is 0. The summed E-state index contributed by atoms with van der Waals surface area (Å²) in [4.78, 5) is 12.5. The van der Waals surface area contributed by atoms with Crippen molar-refractivity contribution in [1.29, 1.82) is 0 Å². The van der Waals surface area contributed by atoms with E-state index < -0.39 is 10.0 Å². The molecule has 2 aromatic rings. The van der Waals surface area contributed by atoms with Gasteiger partial charge in [-0.05, 0) is 63.6 Å². The van der Waals surface area contributed by atoms with Crippen LogP contribution in [0.4, 0.5) is 0 Å². The molecule has 6 nitrogen and oxygen atoms in total. The normalized spacial score (nSPS) is 13.2. The van der Waals surface area contributed by atoms with E-state index in [0.29, 0.717) is 5.56 Å². The number of carbonyl (C=O) groups is 1. The monoisotopic (exact) mass is 378 g/mol. The van der Waals surface area contributed by atoms with Crippen molar-refractivity contribution >= 4 is 15.9 Å². The Balaban J connectivity index is 1.97. The molecule has 0 aliphatic heterocycles. The third kappa shape index (κ3) is 4.95. The van der Waals surface area contributed by atoms with Crippen LogP contribution in [-0.4, -0.2) is 37.8 Å². The molecule has 142 valence electrons. The van der Waals surface area contributed by atoms with Crippen molar-refractivity contribution in [3.05, 3.63) is 54.0 Å². The SMILES string of the molecule is CC(CCc1ccco1)NC(=O)c1ccc(S(=O)(=O)N(C)C(C)C)cc1. The van der Waals surface area contributed by atoms with Crippen molar-refractivity contribution in [2.24, 2.45) is 0 Å². The summed E-state index contributed by atoms with van der Waals surface area (Å²) < 4.78 is 31.5. The van der Waals surface area contributed by atoms with E-state index in [1.807, 2.05) is 32.9 Å². The molecular weight excluding hydrogens is 352 g/mol. The maximum Gasteiger partial charge on any atom is 0.251 e. The molecule has 1 atom stereocenters. The second-order valence-corrected chi connectivity index (χ2v) is 8.63. The van der Waals surface area contributed by atoms with E-state index in [-0.39, 0.29) is 22.9 Å². The molecular formula is C19H26N2O4S. The number of rotatable bonds is 8. The van der Waals surface area contributed by atoms with Gasteiger partial charge in [0.25, 0.3) is 5.91 Å². The molecule has 26 heavy (non-hydrogen) atoms. The van der Waals surface area contributed by atoms with Gasteiger partial charge < -0.3 is 9.73 Å². The third-order valence-electron chi connectivity index (χ3n) is 4.30. The molecule has 2 rings (SSSR count). The van der Waals surface area contributed by atoms with Crippen molar-refractivity contribution in [1.82, 2.24) is 9.62 Å². The maximum absolute atomic E-state index is 12.4. The fourth-order valence-electron chi connectivity index (χ4n) is 2.41. The number of nitrogens with one attached hydrogen (secondary N) is 1. The van der Waals surface area contributed by atoms with E-state index >= 15 is 0 Å². The summed E-state index contributed by atoms with van der Waals surface area (Å²) in [6, 6.07) is 9.59. The van der Waals surface area contributed by atoms with Gasteiger partial charge >= 0.3 is 0 Å². The number of nitrogens with zero attached hydrogens (tertiary/aromatic N) is 1. The molecule has 1 unspecified atom stereocenters. The van der Waals surface area contributed by atoms with Crippen LogP contribution in [0.5, 0.6) is 0 Å². The van der Waals surface area contributed by atoms with Gasteiger partial charge in [-0.3, -0.25) is 4.79 Å². The summed E-state index contributed by atoms with van der Waals surface area (Å²) in [6.45, 7) is 5.55. The lowest BCUT2D eigenvalue weighted by Crippen LogP contribution is -2.34. The standard InChI is InChI=1S/C19H26N2O4S/c1-14(2)21(4)26(23,24)18-11-8-16(9-12-18)19(22)20-15(3)7-10-17-6-5-13-25-17/h5-6,8-9,11-15H,7,10H2,1-4H3,(H,20,22). The minimum absolute atomic E-state index is 0.0249. The highest BCUT2D eigenvalue weighted by Gasteiger charge is 2.23. The number of hydrogen-bond acceptors (Lipinski definition) is 4. The van der Waals surface area contributed by atoms with Crippen molar-refractivity contribution in [2.75, 3.05) is 7.05 Å². The number of aryl methyl sites for hydroxylation is 1. The molecule has 1 N–H and O–H groups in total. The van der Waals surface area contributed by atoms with Gasteiger partial charge in [0.05, 0.1) is 11.2 Å². The molecule has 0 saturated carbocycles. The van der Waals surface area contributed by atoms with Gasteiger partial charge in [0.2, 0.25) is 10.0 Å². The van der Waals surface area contributed by atoms with E-state index in [4.69, 9.17) is 4.42 Å². The average molecular weight is 378 g/mol. The Morgan fingerprint density at radius 3 is 2.35 bits per heavy atom. The summed E-state index contributed by atoms with van der Waals surface area (Å²) in [5.74, 6) is 0.660. The van der Waals surface area contributed by atoms with Crippen molar-refractivity contribution < 1.29 is 17.6 Å². The second-order valence-electron chi connectivity index (χ2n) is 6.63. The lowest BCUT2D eigenvalue weighted by molar-refractivity contribution is 0.0938. The van der Waals surface area contributed by atoms with Crippen LogP contribution in [0.2, 0.25) is 0 Å². The van der Waals surface area contributed by atoms with Crippen molar-refractivity contribution in [2.45, 2.75) is 50.6 Å². The second kappa shape index (κ2) is 8.51. The van der Waals surface area contributed by atoms with Gasteiger partial charge in [-0.1, -0.05) is 0 Å². The Kier molecular flexibility index (Phi) is 6.61. The zero-order valence-corrected chi connectivity index (χ0v) is 16.4. The van der Waals surface area contributed by atoms with E-state index in [9.17, 15) is 13.2 Å². The number of sulfonamides is 1. The van der Waals surface area contributed by atoms with Crippen LogP contribution in [0.3, 0.4) is 0 Å². The topological polar surface area (TPSA) is 79.6 Å². The molecule has 0 bridgehead atoms. The highest BCUT2D eigenvalue weighted by molar-refractivity contribution is 7.89. The maximum atomic E-state index is 12.4. The van der Waals surface area contributed by atoms with Crippen LogP contribution in [0, 0.1) is 0 Å². The molecule has 1 amide bonds. The molecule has 0 radical (unpaired) electrons. The van der Waals surface area contributed by atoms with Crippen LogP contribution in [0.1, 0.15) is 43.3 Å². The minimum atomic E-state index is -3.55. The highest BCUT2D eigenvalue weighted by atomic mass is 32.2. The molecule has 7 heteroatoms. The van der Waals surface area contributed by atoms with Gasteiger partial charge in [-0.2, -0.15) is 4.31 Å². The summed E-state index contributed by atoms with van der Waals surface area (Å²) in [6.07, 6.45) is 3.13. The predicted octanol–water partition coefficient (Wildman–Crippen LogP) is 3.06. The van der Waals surface area contributed by atoms with E-state index in [1.54, 1.807) is 13.3 Å². The van der Waals surface area contributed by atoms with Gasteiger partial charge in [0, 0.05) is 31.1 Å². The summed E-state index contributed by atoms with van der Waals surface area (Å²) in [5, 5.41) is 2.92. The first-order valence-electron chi connectivity index (χ1n) is 8.63. The zero-order valence-electron chi connectivity index (χ0n) is 15.6. The molecule has 0 aliphatic rings. The van der Waals surface area contributed by atoms with Gasteiger partial charge in [0.1, 0.15) is 5.76 Å². The highest BCUT2D eigenvalue weighted by Crippen LogP contribution is 2.17. The Morgan fingerprint density at radius 1 is 1.15 bits per heavy atom. The van der Waals surface area contributed by atoms with Gasteiger partial charge in [-0.25, -0.2) is 8.42 Å². The number of furan rings is 1. The number of benzene rings is 1. The molecule has 0 aliphatic carbocycles. The largest absolute Gasteiger partial charge is 0.469 e. The van der Waals surface area contributed by atoms with Gasteiger partial charge in [-0.15, -0.1) is 0 Å². The first kappa shape index (κ1) is 20.2. The van der Waals surface area contributed by atoms with Crippen LogP contribution in [0.15, 0.2) is 52.0 Å². The summed E-state index contributed by atoms with van der Waals surface area (Å²) in [7, 11) is -2.00. The Bertz CT molecular complexity index is 812. The lowest BCUT2D eigenvalue weighted by Gasteiger charge is -2.21. The average Bonchev–Trinajstić information content (AvgIpc) is 3.12. The minimum Gasteiger partial charge on any atom is -0.469 e.